The highest BCUT2D eigenvalue weighted by molar-refractivity contribution is 6.30. The average Bonchev–Trinajstić information content (AvgIpc) is 2.33. The zero-order valence-electron chi connectivity index (χ0n) is 9.44. The Morgan fingerprint density at radius 2 is 1.94 bits per heavy atom. The fourth-order valence-corrected chi connectivity index (χ4v) is 1.48. The zero-order chi connectivity index (χ0) is 12.1. The van der Waals surface area contributed by atoms with Crippen molar-refractivity contribution < 1.29 is 0 Å². The van der Waals surface area contributed by atoms with Crippen molar-refractivity contribution in [3.63, 3.8) is 0 Å². The van der Waals surface area contributed by atoms with Gasteiger partial charge in [-0.05, 0) is 37.3 Å². The molecular weight excluding hydrogens is 236 g/mol. The van der Waals surface area contributed by atoms with Crippen LogP contribution >= 0.6 is 11.6 Å². The standard InChI is InChI=1S/C12H13ClN4/c1-2-14-12-15-8-7-11(17-12)16-10-5-3-9(13)4-6-10/h3-8H,2H2,1H3,(H2,14,15,16,17). The van der Waals surface area contributed by atoms with Gasteiger partial charge in [0.15, 0.2) is 0 Å². The molecule has 0 amide bonds. The number of benzene rings is 1. The summed E-state index contributed by atoms with van der Waals surface area (Å²) in [5.74, 6) is 1.37. The van der Waals surface area contributed by atoms with E-state index in [0.717, 1.165) is 18.1 Å². The summed E-state index contributed by atoms with van der Waals surface area (Å²) >= 11 is 5.82. The summed E-state index contributed by atoms with van der Waals surface area (Å²) in [6, 6.07) is 9.27. The van der Waals surface area contributed by atoms with E-state index < -0.39 is 0 Å². The molecule has 4 nitrogen and oxygen atoms in total. The maximum atomic E-state index is 5.82. The van der Waals surface area contributed by atoms with Crippen molar-refractivity contribution in [3.05, 3.63) is 41.6 Å². The van der Waals surface area contributed by atoms with Gasteiger partial charge < -0.3 is 10.6 Å². The van der Waals surface area contributed by atoms with E-state index in [0.29, 0.717) is 11.0 Å². The van der Waals surface area contributed by atoms with Gasteiger partial charge in [0.25, 0.3) is 0 Å². The van der Waals surface area contributed by atoms with Gasteiger partial charge >= 0.3 is 0 Å². The van der Waals surface area contributed by atoms with E-state index in [1.165, 1.54) is 0 Å². The molecule has 0 bridgehead atoms. The van der Waals surface area contributed by atoms with Crippen molar-refractivity contribution in [2.75, 3.05) is 17.2 Å². The first-order valence-electron chi connectivity index (χ1n) is 5.37. The van der Waals surface area contributed by atoms with E-state index in [-0.39, 0.29) is 0 Å². The molecule has 0 fully saturated rings. The molecule has 0 unspecified atom stereocenters. The molecule has 2 N–H and O–H groups in total. The lowest BCUT2D eigenvalue weighted by Gasteiger charge is -2.07. The fourth-order valence-electron chi connectivity index (χ4n) is 1.35. The van der Waals surface area contributed by atoms with E-state index in [1.54, 1.807) is 6.20 Å². The minimum absolute atomic E-state index is 0.617. The summed E-state index contributed by atoms with van der Waals surface area (Å²) in [4.78, 5) is 8.42. The van der Waals surface area contributed by atoms with Crippen LogP contribution in [0.3, 0.4) is 0 Å². The van der Waals surface area contributed by atoms with Crippen LogP contribution in [-0.4, -0.2) is 16.5 Å². The van der Waals surface area contributed by atoms with Gasteiger partial charge in [-0.1, -0.05) is 11.6 Å². The predicted molar refractivity (Wildman–Crippen MR) is 70.9 cm³/mol. The van der Waals surface area contributed by atoms with E-state index in [2.05, 4.69) is 20.6 Å². The third kappa shape index (κ3) is 3.32. The number of nitrogens with zero attached hydrogens (tertiary/aromatic N) is 2. The molecule has 0 saturated carbocycles. The van der Waals surface area contributed by atoms with Crippen LogP contribution in [0, 0.1) is 0 Å². The molecule has 1 aromatic carbocycles. The Hall–Kier alpha value is -1.81. The third-order valence-corrected chi connectivity index (χ3v) is 2.36. The minimum atomic E-state index is 0.617. The molecule has 0 aliphatic carbocycles. The van der Waals surface area contributed by atoms with Crippen molar-refractivity contribution >= 4 is 29.1 Å². The lowest BCUT2D eigenvalue weighted by Crippen LogP contribution is -2.03. The third-order valence-electron chi connectivity index (χ3n) is 2.11. The monoisotopic (exact) mass is 248 g/mol. The van der Waals surface area contributed by atoms with Gasteiger partial charge in [-0.15, -0.1) is 0 Å². The van der Waals surface area contributed by atoms with Crippen molar-refractivity contribution in [3.8, 4) is 0 Å². The first-order valence-corrected chi connectivity index (χ1v) is 5.75. The highest BCUT2D eigenvalue weighted by atomic mass is 35.5. The second-order valence-electron chi connectivity index (χ2n) is 3.43. The van der Waals surface area contributed by atoms with E-state index in [9.17, 15) is 0 Å². The molecule has 0 radical (unpaired) electrons. The van der Waals surface area contributed by atoms with Crippen LogP contribution in [0.25, 0.3) is 0 Å². The Balaban J connectivity index is 2.12. The lowest BCUT2D eigenvalue weighted by molar-refractivity contribution is 1.09. The van der Waals surface area contributed by atoms with Gasteiger partial charge in [0, 0.05) is 23.5 Å². The van der Waals surface area contributed by atoms with Crippen LogP contribution in [0.2, 0.25) is 5.02 Å². The summed E-state index contributed by atoms with van der Waals surface area (Å²) in [7, 11) is 0. The Morgan fingerprint density at radius 1 is 1.18 bits per heavy atom. The first kappa shape index (κ1) is 11.7. The minimum Gasteiger partial charge on any atom is -0.354 e. The van der Waals surface area contributed by atoms with Crippen LogP contribution in [-0.2, 0) is 0 Å². The summed E-state index contributed by atoms with van der Waals surface area (Å²) in [6.45, 7) is 2.80. The number of rotatable bonds is 4. The predicted octanol–water partition coefficient (Wildman–Crippen LogP) is 3.31. The molecule has 2 rings (SSSR count). The van der Waals surface area contributed by atoms with E-state index in [4.69, 9.17) is 11.6 Å². The second kappa shape index (κ2) is 5.50. The smallest absolute Gasteiger partial charge is 0.224 e. The van der Waals surface area contributed by atoms with Crippen LogP contribution in [0.1, 0.15) is 6.92 Å². The summed E-state index contributed by atoms with van der Waals surface area (Å²) in [6.07, 6.45) is 1.71. The highest BCUT2D eigenvalue weighted by Gasteiger charge is 1.98. The molecule has 2 aromatic rings. The molecule has 5 heteroatoms. The molecule has 0 aliphatic heterocycles. The Bertz CT molecular complexity index is 484. The number of aromatic nitrogens is 2. The molecule has 88 valence electrons. The van der Waals surface area contributed by atoms with Gasteiger partial charge in [-0.3, -0.25) is 0 Å². The Labute approximate surface area is 105 Å². The molecule has 1 aromatic heterocycles. The molecule has 1 heterocycles. The Kier molecular flexibility index (Phi) is 3.77. The van der Waals surface area contributed by atoms with Crippen molar-refractivity contribution in [2.24, 2.45) is 0 Å². The molecule has 17 heavy (non-hydrogen) atoms. The van der Waals surface area contributed by atoms with E-state index >= 15 is 0 Å². The van der Waals surface area contributed by atoms with Crippen molar-refractivity contribution in [1.29, 1.82) is 0 Å². The summed E-state index contributed by atoms with van der Waals surface area (Å²) in [5, 5.41) is 6.95. The molecule has 0 spiro atoms. The largest absolute Gasteiger partial charge is 0.354 e. The normalized spacial score (nSPS) is 10.0. The number of nitrogens with one attached hydrogen (secondary N) is 2. The summed E-state index contributed by atoms with van der Waals surface area (Å²) < 4.78 is 0. The number of anilines is 3. The van der Waals surface area contributed by atoms with Crippen LogP contribution in [0.15, 0.2) is 36.5 Å². The van der Waals surface area contributed by atoms with Crippen LogP contribution < -0.4 is 10.6 Å². The van der Waals surface area contributed by atoms with Crippen molar-refractivity contribution in [1.82, 2.24) is 9.97 Å². The second-order valence-corrected chi connectivity index (χ2v) is 3.86. The maximum Gasteiger partial charge on any atom is 0.224 e. The quantitative estimate of drug-likeness (QED) is 0.872. The topological polar surface area (TPSA) is 49.8 Å². The van der Waals surface area contributed by atoms with Crippen LogP contribution in [0.5, 0.6) is 0 Å². The highest BCUT2D eigenvalue weighted by Crippen LogP contribution is 2.17. The average molecular weight is 249 g/mol. The van der Waals surface area contributed by atoms with Gasteiger partial charge in [0.2, 0.25) is 5.95 Å². The van der Waals surface area contributed by atoms with Gasteiger partial charge in [0.05, 0.1) is 0 Å². The SMILES string of the molecule is CCNc1nccc(Nc2ccc(Cl)cc2)n1. The van der Waals surface area contributed by atoms with Gasteiger partial charge in [-0.25, -0.2) is 4.98 Å². The fraction of sp³-hybridized carbons (Fsp3) is 0.167. The van der Waals surface area contributed by atoms with Crippen LogP contribution in [0.4, 0.5) is 17.5 Å². The zero-order valence-corrected chi connectivity index (χ0v) is 10.2. The van der Waals surface area contributed by atoms with Crippen molar-refractivity contribution in [2.45, 2.75) is 6.92 Å². The first-order chi connectivity index (χ1) is 8.28. The van der Waals surface area contributed by atoms with Gasteiger partial charge in [0.1, 0.15) is 5.82 Å². The molecular formula is C12H13ClN4. The van der Waals surface area contributed by atoms with Gasteiger partial charge in [-0.2, -0.15) is 4.98 Å². The number of halogens is 1. The number of hydrogen-bond donors (Lipinski definition) is 2. The van der Waals surface area contributed by atoms with E-state index in [1.807, 2.05) is 37.3 Å². The lowest BCUT2D eigenvalue weighted by atomic mass is 10.3. The molecule has 0 aliphatic rings. The molecule has 0 saturated heterocycles. The molecule has 0 atom stereocenters. The maximum absolute atomic E-state index is 5.82. The Morgan fingerprint density at radius 3 is 2.65 bits per heavy atom. The number of hydrogen-bond acceptors (Lipinski definition) is 4. The summed E-state index contributed by atoms with van der Waals surface area (Å²) in [5.41, 5.74) is 0.940.